The monoisotopic (exact) mass is 417 g/mol. The van der Waals surface area contributed by atoms with E-state index >= 15 is 0 Å². The van der Waals surface area contributed by atoms with Crippen molar-refractivity contribution >= 4 is 55.5 Å². The first kappa shape index (κ1) is 16.3. The maximum Gasteiger partial charge on any atom is 0.355 e. The van der Waals surface area contributed by atoms with Crippen LogP contribution in [0, 0.1) is 0 Å². The molecule has 4 aromatic heterocycles. The highest BCUT2D eigenvalue weighted by Gasteiger charge is 2.21. The second-order valence-corrected chi connectivity index (χ2v) is 6.11. The number of esters is 1. The number of carbonyl (C=O) groups excluding carboxylic acids is 1. The molecule has 0 saturated carbocycles. The second-order valence-electron chi connectivity index (χ2n) is 5.32. The number of aromatic amines is 3. The minimum atomic E-state index is -0.513. The van der Waals surface area contributed by atoms with Gasteiger partial charge in [0.2, 0.25) is 0 Å². The Balaban J connectivity index is 1.82. The largest absolute Gasteiger partial charge is 0.461 e. The second kappa shape index (κ2) is 6.26. The molecular weight excluding hydrogens is 406 g/mol. The molecule has 0 spiro atoms. The van der Waals surface area contributed by atoms with E-state index in [2.05, 4.69) is 51.4 Å². The number of H-pyrrole nitrogens is 3. The van der Waals surface area contributed by atoms with Gasteiger partial charge in [0.05, 0.1) is 22.7 Å². The molecule has 0 aliphatic rings. The molecule has 0 radical (unpaired) electrons. The summed E-state index contributed by atoms with van der Waals surface area (Å²) in [5.41, 5.74) is 1.12. The van der Waals surface area contributed by atoms with Gasteiger partial charge in [0.1, 0.15) is 34.8 Å². The highest BCUT2D eigenvalue weighted by Crippen LogP contribution is 2.32. The molecule has 11 heteroatoms. The van der Waals surface area contributed by atoms with Crippen LogP contribution in [0.15, 0.2) is 27.9 Å². The number of rotatable bonds is 4. The number of anilines is 2. The van der Waals surface area contributed by atoms with E-state index in [1.165, 1.54) is 6.33 Å². The lowest BCUT2D eigenvalue weighted by Crippen LogP contribution is -2.12. The molecule has 10 nitrogen and oxygen atoms in total. The molecule has 0 unspecified atom stereocenters. The zero-order valence-corrected chi connectivity index (χ0v) is 15.0. The molecule has 4 N–H and O–H groups in total. The van der Waals surface area contributed by atoms with Crippen molar-refractivity contribution in [3.63, 3.8) is 0 Å². The summed E-state index contributed by atoms with van der Waals surface area (Å²) in [5.74, 6) is -0.150. The molecule has 4 aromatic rings. The van der Waals surface area contributed by atoms with Gasteiger partial charge in [-0.05, 0) is 28.9 Å². The topological polar surface area (TPSA) is 141 Å². The molecule has 0 amide bonds. The summed E-state index contributed by atoms with van der Waals surface area (Å²) in [6.45, 7) is 1.97. The van der Waals surface area contributed by atoms with Crippen LogP contribution in [0.2, 0.25) is 0 Å². The van der Waals surface area contributed by atoms with Crippen LogP contribution in [0.5, 0.6) is 0 Å². The van der Waals surface area contributed by atoms with E-state index in [0.717, 1.165) is 5.39 Å². The van der Waals surface area contributed by atoms with Crippen LogP contribution in [-0.4, -0.2) is 42.7 Å². The number of nitrogens with zero attached hydrogens (tertiary/aromatic N) is 3. The first-order valence-corrected chi connectivity index (χ1v) is 8.40. The summed E-state index contributed by atoms with van der Waals surface area (Å²) in [5, 5.41) is 10.8. The fourth-order valence-electron chi connectivity index (χ4n) is 2.55. The van der Waals surface area contributed by atoms with Crippen LogP contribution in [-0.2, 0) is 4.74 Å². The lowest BCUT2D eigenvalue weighted by molar-refractivity contribution is 0.0519. The van der Waals surface area contributed by atoms with Gasteiger partial charge in [0.25, 0.3) is 5.56 Å². The number of halogens is 1. The Labute approximate surface area is 153 Å². The van der Waals surface area contributed by atoms with Gasteiger partial charge in [0, 0.05) is 5.39 Å². The molecule has 0 fully saturated rings. The third-order valence-corrected chi connectivity index (χ3v) is 4.51. The van der Waals surface area contributed by atoms with E-state index in [9.17, 15) is 9.59 Å². The molecule has 0 aliphatic carbocycles. The van der Waals surface area contributed by atoms with Gasteiger partial charge in [0.15, 0.2) is 0 Å². The van der Waals surface area contributed by atoms with Gasteiger partial charge < -0.3 is 20.0 Å². The number of aromatic nitrogens is 6. The van der Waals surface area contributed by atoms with Crippen LogP contribution in [0.4, 0.5) is 11.5 Å². The Bertz CT molecular complexity index is 1190. The number of pyridine rings is 1. The maximum atomic E-state index is 12.3. The van der Waals surface area contributed by atoms with Gasteiger partial charge in [-0.3, -0.25) is 9.89 Å². The Morgan fingerprint density at radius 3 is 3.00 bits per heavy atom. The zero-order chi connectivity index (χ0) is 18.3. The summed E-state index contributed by atoms with van der Waals surface area (Å²) in [4.78, 5) is 38.2. The zero-order valence-electron chi connectivity index (χ0n) is 13.4. The number of fused-ring (bicyclic) bond motifs is 2. The van der Waals surface area contributed by atoms with Crippen LogP contribution in [0.3, 0.4) is 0 Å². The van der Waals surface area contributed by atoms with E-state index in [1.807, 2.05) is 0 Å². The van der Waals surface area contributed by atoms with Crippen molar-refractivity contribution in [3.05, 3.63) is 39.1 Å². The van der Waals surface area contributed by atoms with Gasteiger partial charge in [-0.2, -0.15) is 5.10 Å². The number of hydrogen-bond acceptors (Lipinski definition) is 7. The van der Waals surface area contributed by atoms with Crippen molar-refractivity contribution in [2.24, 2.45) is 0 Å². The molecule has 4 rings (SSSR count). The minimum Gasteiger partial charge on any atom is -0.461 e. The number of ether oxygens (including phenoxy) is 1. The van der Waals surface area contributed by atoms with Crippen molar-refractivity contribution in [1.29, 1.82) is 0 Å². The van der Waals surface area contributed by atoms with E-state index < -0.39 is 5.97 Å². The Kier molecular flexibility index (Phi) is 3.92. The van der Waals surface area contributed by atoms with Crippen LogP contribution >= 0.6 is 15.9 Å². The van der Waals surface area contributed by atoms with Crippen LogP contribution in [0.1, 0.15) is 17.4 Å². The van der Waals surface area contributed by atoms with E-state index in [1.54, 1.807) is 19.2 Å². The quantitative estimate of drug-likeness (QED) is 0.372. The molecule has 26 heavy (non-hydrogen) atoms. The Hall–Kier alpha value is -3.21. The van der Waals surface area contributed by atoms with E-state index in [4.69, 9.17) is 4.74 Å². The summed E-state index contributed by atoms with van der Waals surface area (Å²) in [6.07, 6.45) is 2.92. The molecular formula is C15H12BrN7O3. The molecule has 132 valence electrons. The predicted octanol–water partition coefficient (Wildman–Crippen LogP) is 2.21. The lowest BCUT2D eigenvalue weighted by atomic mass is 10.3. The SMILES string of the molecule is CCOC(=O)c1[nH]c2ncnc(Nc3cc4cn[nH]c4[nH]c3=O)c2c1Br. The third kappa shape index (κ3) is 2.62. The highest BCUT2D eigenvalue weighted by molar-refractivity contribution is 9.10. The summed E-state index contributed by atoms with van der Waals surface area (Å²) in [6, 6.07) is 1.65. The molecule has 0 aromatic carbocycles. The molecule has 0 aliphatic heterocycles. The van der Waals surface area contributed by atoms with Gasteiger partial charge in [-0.15, -0.1) is 0 Å². The molecule has 0 bridgehead atoms. The first-order chi connectivity index (χ1) is 12.6. The van der Waals surface area contributed by atoms with Gasteiger partial charge >= 0.3 is 5.97 Å². The molecule has 0 atom stereocenters. The Morgan fingerprint density at radius 1 is 1.35 bits per heavy atom. The van der Waals surface area contributed by atoms with Crippen LogP contribution < -0.4 is 10.9 Å². The van der Waals surface area contributed by atoms with Gasteiger partial charge in [-0.25, -0.2) is 14.8 Å². The average molecular weight is 418 g/mol. The number of hydrogen-bond donors (Lipinski definition) is 4. The maximum absolute atomic E-state index is 12.3. The Morgan fingerprint density at radius 2 is 2.19 bits per heavy atom. The summed E-state index contributed by atoms with van der Waals surface area (Å²) >= 11 is 3.39. The third-order valence-electron chi connectivity index (χ3n) is 3.71. The fourth-order valence-corrected chi connectivity index (χ4v) is 3.19. The smallest absolute Gasteiger partial charge is 0.355 e. The lowest BCUT2D eigenvalue weighted by Gasteiger charge is -2.06. The highest BCUT2D eigenvalue weighted by atomic mass is 79.9. The van der Waals surface area contributed by atoms with Crippen molar-refractivity contribution in [2.45, 2.75) is 6.92 Å². The fraction of sp³-hybridized carbons (Fsp3) is 0.133. The van der Waals surface area contributed by atoms with Gasteiger partial charge in [-0.1, -0.05) is 0 Å². The van der Waals surface area contributed by atoms with E-state index in [-0.39, 0.29) is 23.5 Å². The van der Waals surface area contributed by atoms with Crippen molar-refractivity contribution in [3.8, 4) is 0 Å². The predicted molar refractivity (Wildman–Crippen MR) is 97.5 cm³/mol. The number of carbonyl (C=O) groups is 1. The van der Waals surface area contributed by atoms with Crippen molar-refractivity contribution in [2.75, 3.05) is 11.9 Å². The van der Waals surface area contributed by atoms with Crippen molar-refractivity contribution < 1.29 is 9.53 Å². The summed E-state index contributed by atoms with van der Waals surface area (Å²) in [7, 11) is 0. The van der Waals surface area contributed by atoms with E-state index in [0.29, 0.717) is 27.0 Å². The average Bonchev–Trinajstić information content (AvgIpc) is 3.20. The standard InChI is InChI=1S/C15H12BrN7O3/c1-2-26-15(25)10-9(16)8-12(17-5-18-13(8)21-10)20-7-3-6-4-19-23-11(6)22-14(7)24/h3-5H,2H2,1H3,(H2,17,18,20,21)(H2,19,22,23,24). The summed E-state index contributed by atoms with van der Waals surface area (Å²) < 4.78 is 5.47. The minimum absolute atomic E-state index is 0.226. The van der Waals surface area contributed by atoms with Crippen molar-refractivity contribution in [1.82, 2.24) is 30.1 Å². The number of nitrogens with one attached hydrogen (secondary N) is 4. The van der Waals surface area contributed by atoms with Crippen LogP contribution in [0.25, 0.3) is 22.1 Å². The first-order valence-electron chi connectivity index (χ1n) is 7.61. The molecule has 0 saturated heterocycles. The molecule has 4 heterocycles. The normalized spacial score (nSPS) is 11.2.